The highest BCUT2D eigenvalue weighted by Gasteiger charge is 2.31. The van der Waals surface area contributed by atoms with Crippen LogP contribution >= 0.6 is 0 Å². The van der Waals surface area contributed by atoms with E-state index in [9.17, 15) is 14.3 Å². The van der Waals surface area contributed by atoms with E-state index >= 15 is 0 Å². The number of methoxy groups -OCH3 is 1. The van der Waals surface area contributed by atoms with Crippen molar-refractivity contribution >= 4 is 11.7 Å². The van der Waals surface area contributed by atoms with E-state index in [2.05, 4.69) is 5.32 Å². The molecule has 0 heterocycles. The maximum atomic E-state index is 13.5. The Hall–Kier alpha value is -3.46. The zero-order valence-electron chi connectivity index (χ0n) is 21.2. The van der Waals surface area contributed by atoms with Crippen LogP contribution in [0.4, 0.5) is 10.1 Å². The molecule has 0 bridgehead atoms. The van der Waals surface area contributed by atoms with E-state index in [1.807, 2.05) is 55.5 Å². The van der Waals surface area contributed by atoms with E-state index in [0.29, 0.717) is 31.7 Å². The zero-order chi connectivity index (χ0) is 26.6. The third-order valence-corrected chi connectivity index (χ3v) is 6.24. The van der Waals surface area contributed by atoms with Crippen molar-refractivity contribution in [2.75, 3.05) is 25.8 Å². The van der Waals surface area contributed by atoms with Gasteiger partial charge in [-0.25, -0.2) is 4.39 Å². The van der Waals surface area contributed by atoms with Gasteiger partial charge in [-0.3, -0.25) is 4.79 Å². The lowest BCUT2D eigenvalue weighted by Gasteiger charge is -2.28. The summed E-state index contributed by atoms with van der Waals surface area (Å²) in [6.45, 7) is 2.83. The number of hydrogen-bond acceptors (Lipinski definition) is 6. The van der Waals surface area contributed by atoms with Gasteiger partial charge < -0.3 is 30.4 Å². The topological polar surface area (TPSA) is 103 Å². The SMILES string of the molecule is CCOCO[C@@H](CC[C@@H](C(=O)O)C(Nc1ccc(CN)cc1)c1ccc(OC)cc1)c1ccc(F)cc1. The molecule has 3 rings (SSSR count). The normalized spacial score (nSPS) is 13.5. The number of nitrogens with two attached hydrogens (primary N) is 1. The molecule has 0 saturated carbocycles. The van der Waals surface area contributed by atoms with Crippen molar-refractivity contribution in [2.45, 2.75) is 38.5 Å². The van der Waals surface area contributed by atoms with E-state index in [-0.39, 0.29) is 12.6 Å². The number of benzene rings is 3. The van der Waals surface area contributed by atoms with Crippen LogP contribution in [0.2, 0.25) is 0 Å². The fourth-order valence-electron chi connectivity index (χ4n) is 4.14. The van der Waals surface area contributed by atoms with Crippen molar-refractivity contribution < 1.29 is 28.5 Å². The fraction of sp³-hybridized carbons (Fsp3) is 0.345. The first-order valence-corrected chi connectivity index (χ1v) is 12.3. The number of carbonyl (C=O) groups is 1. The molecule has 0 amide bonds. The number of ether oxygens (including phenoxy) is 3. The van der Waals surface area contributed by atoms with Gasteiger partial charge in [0.05, 0.1) is 25.2 Å². The molecule has 0 radical (unpaired) electrons. The van der Waals surface area contributed by atoms with Gasteiger partial charge in [-0.05, 0) is 72.9 Å². The van der Waals surface area contributed by atoms with E-state index < -0.39 is 24.0 Å². The summed E-state index contributed by atoms with van der Waals surface area (Å²) in [6.07, 6.45) is 0.249. The van der Waals surface area contributed by atoms with E-state index in [4.69, 9.17) is 19.9 Å². The Balaban J connectivity index is 1.87. The summed E-state index contributed by atoms with van der Waals surface area (Å²) >= 11 is 0. The Labute approximate surface area is 217 Å². The third kappa shape index (κ3) is 8.28. The summed E-state index contributed by atoms with van der Waals surface area (Å²) in [4.78, 5) is 12.6. The first-order valence-electron chi connectivity index (χ1n) is 12.3. The Morgan fingerprint density at radius 2 is 1.62 bits per heavy atom. The number of rotatable bonds is 15. The third-order valence-electron chi connectivity index (χ3n) is 6.24. The lowest BCUT2D eigenvalue weighted by molar-refractivity contribution is -0.143. The second kappa shape index (κ2) is 14.3. The summed E-state index contributed by atoms with van der Waals surface area (Å²) < 4.78 is 30.1. The van der Waals surface area contributed by atoms with Crippen molar-refractivity contribution in [3.63, 3.8) is 0 Å². The molecule has 0 spiro atoms. The maximum absolute atomic E-state index is 13.5. The summed E-state index contributed by atoms with van der Waals surface area (Å²) in [6, 6.07) is 20.5. The van der Waals surface area contributed by atoms with Crippen molar-refractivity contribution in [3.05, 3.63) is 95.3 Å². The smallest absolute Gasteiger partial charge is 0.308 e. The van der Waals surface area contributed by atoms with Crippen LogP contribution in [-0.2, 0) is 20.8 Å². The predicted octanol–water partition coefficient (Wildman–Crippen LogP) is 5.68. The molecule has 0 fully saturated rings. The molecule has 0 aliphatic carbocycles. The molecule has 8 heteroatoms. The van der Waals surface area contributed by atoms with Crippen LogP contribution in [0, 0.1) is 11.7 Å². The van der Waals surface area contributed by atoms with Crippen LogP contribution in [-0.4, -0.2) is 31.6 Å². The Kier molecular flexibility index (Phi) is 10.9. The van der Waals surface area contributed by atoms with Crippen LogP contribution < -0.4 is 15.8 Å². The number of carboxylic acid groups (broad SMARTS) is 1. The van der Waals surface area contributed by atoms with E-state index in [1.54, 1.807) is 19.2 Å². The Morgan fingerprint density at radius 3 is 2.19 bits per heavy atom. The molecular formula is C29H35FN2O5. The first kappa shape index (κ1) is 28.1. The van der Waals surface area contributed by atoms with Crippen LogP contribution in [0.3, 0.4) is 0 Å². The highest BCUT2D eigenvalue weighted by molar-refractivity contribution is 5.72. The Morgan fingerprint density at radius 1 is 0.973 bits per heavy atom. The largest absolute Gasteiger partial charge is 0.497 e. The summed E-state index contributed by atoms with van der Waals surface area (Å²) in [7, 11) is 1.58. The van der Waals surface area contributed by atoms with Gasteiger partial charge in [0, 0.05) is 18.8 Å². The van der Waals surface area contributed by atoms with Gasteiger partial charge in [-0.15, -0.1) is 0 Å². The lowest BCUT2D eigenvalue weighted by Crippen LogP contribution is -2.28. The molecule has 0 aliphatic heterocycles. The number of carboxylic acids is 1. The standard InChI is InChI=1S/C29H35FN2O5/c1-3-36-19-37-27(21-6-10-23(30)11-7-21)17-16-26(29(33)34)28(22-8-14-25(35-2)15-9-22)32-24-12-4-20(18-31)5-13-24/h4-15,26-28,32H,3,16-19,31H2,1-2H3,(H,33,34)/t26-,27+,28?/m1/s1. The summed E-state index contributed by atoms with van der Waals surface area (Å²) in [5.74, 6) is -1.39. The van der Waals surface area contributed by atoms with Gasteiger partial charge in [0.25, 0.3) is 0 Å². The fourth-order valence-corrected chi connectivity index (χ4v) is 4.14. The predicted molar refractivity (Wildman–Crippen MR) is 141 cm³/mol. The van der Waals surface area contributed by atoms with Crippen molar-refractivity contribution in [2.24, 2.45) is 11.7 Å². The van der Waals surface area contributed by atoms with Crippen LogP contribution in [0.25, 0.3) is 0 Å². The van der Waals surface area contributed by atoms with Crippen LogP contribution in [0.1, 0.15) is 48.6 Å². The van der Waals surface area contributed by atoms with Gasteiger partial charge >= 0.3 is 5.97 Å². The second-order valence-electron chi connectivity index (χ2n) is 8.64. The van der Waals surface area contributed by atoms with E-state index in [0.717, 1.165) is 22.4 Å². The number of hydrogen-bond donors (Lipinski definition) is 3. The molecule has 3 atom stereocenters. The number of nitrogens with one attached hydrogen (secondary N) is 1. The molecular weight excluding hydrogens is 475 g/mol. The molecule has 37 heavy (non-hydrogen) atoms. The highest BCUT2D eigenvalue weighted by atomic mass is 19.1. The quantitative estimate of drug-likeness (QED) is 0.179. The molecule has 3 aromatic carbocycles. The molecule has 3 aromatic rings. The minimum absolute atomic E-state index is 0.0595. The maximum Gasteiger partial charge on any atom is 0.308 e. The molecule has 4 N–H and O–H groups in total. The lowest BCUT2D eigenvalue weighted by atomic mass is 9.87. The highest BCUT2D eigenvalue weighted by Crippen LogP contribution is 2.34. The van der Waals surface area contributed by atoms with Gasteiger partial charge in [0.1, 0.15) is 18.4 Å². The molecule has 0 aliphatic rings. The number of halogens is 1. The summed E-state index contributed by atoms with van der Waals surface area (Å²) in [5.41, 5.74) is 9.06. The second-order valence-corrected chi connectivity index (χ2v) is 8.64. The monoisotopic (exact) mass is 510 g/mol. The Bertz CT molecular complexity index is 1090. The molecule has 0 saturated heterocycles. The summed E-state index contributed by atoms with van der Waals surface area (Å²) in [5, 5.41) is 13.7. The number of anilines is 1. The van der Waals surface area contributed by atoms with Crippen molar-refractivity contribution in [1.29, 1.82) is 0 Å². The molecule has 7 nitrogen and oxygen atoms in total. The average Bonchev–Trinajstić information content (AvgIpc) is 2.92. The van der Waals surface area contributed by atoms with Gasteiger partial charge in [0.15, 0.2) is 0 Å². The average molecular weight is 511 g/mol. The van der Waals surface area contributed by atoms with Crippen LogP contribution in [0.15, 0.2) is 72.8 Å². The number of aliphatic carboxylic acids is 1. The minimum Gasteiger partial charge on any atom is -0.497 e. The molecule has 1 unspecified atom stereocenters. The molecule has 0 aromatic heterocycles. The van der Waals surface area contributed by atoms with Crippen LogP contribution in [0.5, 0.6) is 5.75 Å². The molecule has 198 valence electrons. The zero-order valence-corrected chi connectivity index (χ0v) is 21.2. The van der Waals surface area contributed by atoms with Gasteiger partial charge in [-0.2, -0.15) is 0 Å². The minimum atomic E-state index is -0.936. The van der Waals surface area contributed by atoms with Crippen molar-refractivity contribution in [1.82, 2.24) is 0 Å². The first-order chi connectivity index (χ1) is 17.9. The van der Waals surface area contributed by atoms with Gasteiger partial charge in [-0.1, -0.05) is 36.4 Å². The van der Waals surface area contributed by atoms with E-state index in [1.165, 1.54) is 12.1 Å². The van der Waals surface area contributed by atoms with Gasteiger partial charge in [0.2, 0.25) is 0 Å². The van der Waals surface area contributed by atoms with Crippen molar-refractivity contribution in [3.8, 4) is 5.75 Å².